The summed E-state index contributed by atoms with van der Waals surface area (Å²) in [4.78, 5) is 49.4. The van der Waals surface area contributed by atoms with Gasteiger partial charge in [-0.05, 0) is 35.5 Å². The molecule has 0 saturated carbocycles. The van der Waals surface area contributed by atoms with Crippen LogP contribution in [0.4, 0.5) is 0 Å². The van der Waals surface area contributed by atoms with E-state index in [0.29, 0.717) is 0 Å². The van der Waals surface area contributed by atoms with Gasteiger partial charge in [-0.25, -0.2) is 0 Å². The van der Waals surface area contributed by atoms with Gasteiger partial charge in [-0.1, -0.05) is 53.7 Å². The Bertz CT molecular complexity index is 604. The molecule has 0 aromatic heterocycles. The molecule has 0 aromatic rings. The van der Waals surface area contributed by atoms with Crippen LogP contribution in [-0.2, 0) is 19.2 Å². The number of rotatable bonds is 8. The first-order chi connectivity index (χ1) is 12.7. The number of aliphatic carboxylic acids is 4. The fourth-order valence-corrected chi connectivity index (χ4v) is 5.15. The third kappa shape index (κ3) is 3.08. The Morgan fingerprint density at radius 1 is 0.643 bits per heavy atom. The van der Waals surface area contributed by atoms with Crippen LogP contribution in [0.25, 0.3) is 0 Å². The predicted molar refractivity (Wildman–Crippen MR) is 99.5 cm³/mol. The molecule has 0 aromatic carbocycles. The summed E-state index contributed by atoms with van der Waals surface area (Å²) in [5.74, 6) is -11.9. The second-order valence-electron chi connectivity index (χ2n) is 8.42. The van der Waals surface area contributed by atoms with Crippen LogP contribution in [0, 0.1) is 46.3 Å². The summed E-state index contributed by atoms with van der Waals surface area (Å²) in [5.41, 5.74) is -4.68. The number of carboxylic acids is 4. The quantitative estimate of drug-likeness (QED) is 0.360. The lowest BCUT2D eigenvalue weighted by molar-refractivity contribution is -0.196. The van der Waals surface area contributed by atoms with E-state index in [2.05, 4.69) is 0 Å². The molecular formula is C20H30O8. The zero-order chi connectivity index (χ0) is 22.2. The zero-order valence-corrected chi connectivity index (χ0v) is 17.0. The average molecular weight is 398 g/mol. The summed E-state index contributed by atoms with van der Waals surface area (Å²) in [6.45, 7) is 9.03. The lowest BCUT2D eigenvalue weighted by Gasteiger charge is -2.52. The van der Waals surface area contributed by atoms with Crippen LogP contribution >= 0.6 is 0 Å². The molecule has 0 bridgehead atoms. The molecule has 4 atom stereocenters. The number of carbonyl (C=O) groups is 4. The lowest BCUT2D eigenvalue weighted by Crippen LogP contribution is -2.63. The van der Waals surface area contributed by atoms with Crippen molar-refractivity contribution in [2.24, 2.45) is 46.3 Å². The van der Waals surface area contributed by atoms with Crippen LogP contribution in [0.5, 0.6) is 0 Å². The molecule has 1 aliphatic carbocycles. The smallest absolute Gasteiger partial charge is 0.321 e. The van der Waals surface area contributed by atoms with Crippen molar-refractivity contribution in [3.8, 4) is 0 Å². The van der Waals surface area contributed by atoms with Crippen LogP contribution in [0.3, 0.4) is 0 Å². The molecule has 1 rings (SSSR count). The first-order valence-electron chi connectivity index (χ1n) is 9.33. The van der Waals surface area contributed by atoms with Gasteiger partial charge in [0.05, 0.1) is 0 Å². The summed E-state index contributed by atoms with van der Waals surface area (Å²) in [5, 5.41) is 40.1. The van der Waals surface area contributed by atoms with Gasteiger partial charge in [-0.15, -0.1) is 0 Å². The van der Waals surface area contributed by atoms with E-state index in [1.165, 1.54) is 27.7 Å². The molecule has 28 heavy (non-hydrogen) atoms. The van der Waals surface area contributed by atoms with Gasteiger partial charge in [-0.3, -0.25) is 19.2 Å². The van der Waals surface area contributed by atoms with Gasteiger partial charge in [0.15, 0.2) is 10.8 Å². The number of hydrogen-bond donors (Lipinski definition) is 4. The molecule has 1 aliphatic rings. The van der Waals surface area contributed by atoms with E-state index in [1.807, 2.05) is 0 Å². The van der Waals surface area contributed by atoms with Crippen molar-refractivity contribution in [2.75, 3.05) is 0 Å². The van der Waals surface area contributed by atoms with E-state index in [1.54, 1.807) is 26.0 Å². The first-order valence-corrected chi connectivity index (χ1v) is 9.33. The lowest BCUT2D eigenvalue weighted by atomic mass is 9.48. The Balaban J connectivity index is 4.05. The minimum Gasteiger partial charge on any atom is -0.480 e. The predicted octanol–water partition coefficient (Wildman–Crippen LogP) is 2.68. The van der Waals surface area contributed by atoms with Crippen LogP contribution < -0.4 is 0 Å². The summed E-state index contributed by atoms with van der Waals surface area (Å²) in [6, 6.07) is 0. The molecule has 158 valence electrons. The Labute approximate surface area is 164 Å². The molecule has 0 radical (unpaired) electrons. The van der Waals surface area contributed by atoms with Crippen molar-refractivity contribution in [2.45, 2.75) is 41.5 Å². The topological polar surface area (TPSA) is 149 Å². The third-order valence-electron chi connectivity index (χ3n) is 6.53. The second kappa shape index (κ2) is 7.93. The van der Waals surface area contributed by atoms with Gasteiger partial charge in [0.1, 0.15) is 0 Å². The molecule has 4 N–H and O–H groups in total. The Morgan fingerprint density at radius 2 is 0.857 bits per heavy atom. The highest BCUT2D eigenvalue weighted by molar-refractivity contribution is 6.01. The maximum atomic E-state index is 12.3. The average Bonchev–Trinajstić information content (AvgIpc) is 2.51. The number of allylic oxidation sites excluding steroid dienone is 2. The summed E-state index contributed by atoms with van der Waals surface area (Å²) >= 11 is 0. The summed E-state index contributed by atoms with van der Waals surface area (Å²) in [7, 11) is 0. The molecular weight excluding hydrogens is 368 g/mol. The molecule has 0 heterocycles. The minimum absolute atomic E-state index is 0.646. The standard InChI is InChI=1S/C20H30O8/c1-9(2)19(15(21)22,16(23)24)13-11(5)7-8-12(6)14(13)20(10(3)4,17(25)26)18(27)28/h7-14H,1-6H3,(H,21,22)(H,23,24)(H,25,26)(H,27,28). The fraction of sp³-hybridized carbons (Fsp3) is 0.700. The maximum absolute atomic E-state index is 12.3. The molecule has 0 fully saturated rings. The van der Waals surface area contributed by atoms with Crippen LogP contribution in [0.15, 0.2) is 12.2 Å². The Kier molecular flexibility index (Phi) is 6.70. The zero-order valence-electron chi connectivity index (χ0n) is 17.0. The van der Waals surface area contributed by atoms with E-state index in [0.717, 1.165) is 0 Å². The van der Waals surface area contributed by atoms with E-state index in [-0.39, 0.29) is 0 Å². The van der Waals surface area contributed by atoms with Crippen LogP contribution in [0.2, 0.25) is 0 Å². The molecule has 8 heteroatoms. The molecule has 0 saturated heterocycles. The summed E-state index contributed by atoms with van der Waals surface area (Å²) < 4.78 is 0. The monoisotopic (exact) mass is 398 g/mol. The molecule has 4 unspecified atom stereocenters. The highest BCUT2D eigenvalue weighted by Crippen LogP contribution is 2.57. The van der Waals surface area contributed by atoms with Gasteiger partial charge in [0.2, 0.25) is 0 Å². The Morgan fingerprint density at radius 3 is 1.00 bits per heavy atom. The van der Waals surface area contributed by atoms with Gasteiger partial charge in [0, 0.05) is 0 Å². The van der Waals surface area contributed by atoms with E-state index in [4.69, 9.17) is 0 Å². The first kappa shape index (κ1) is 23.7. The molecule has 0 aliphatic heterocycles. The number of carboxylic acid groups (broad SMARTS) is 4. The fourth-order valence-electron chi connectivity index (χ4n) is 5.15. The third-order valence-corrected chi connectivity index (χ3v) is 6.53. The number of hydrogen-bond acceptors (Lipinski definition) is 4. The van der Waals surface area contributed by atoms with E-state index < -0.39 is 70.2 Å². The largest absolute Gasteiger partial charge is 0.480 e. The molecule has 0 amide bonds. The van der Waals surface area contributed by atoms with Crippen molar-refractivity contribution in [3.05, 3.63) is 12.2 Å². The molecule has 0 spiro atoms. The van der Waals surface area contributed by atoms with Gasteiger partial charge < -0.3 is 20.4 Å². The van der Waals surface area contributed by atoms with Crippen LogP contribution in [-0.4, -0.2) is 44.3 Å². The Hall–Kier alpha value is -2.38. The van der Waals surface area contributed by atoms with Crippen molar-refractivity contribution < 1.29 is 39.6 Å². The van der Waals surface area contributed by atoms with Crippen molar-refractivity contribution in [1.29, 1.82) is 0 Å². The van der Waals surface area contributed by atoms with Gasteiger partial charge in [-0.2, -0.15) is 0 Å². The normalized spacial score (nSPS) is 25.7. The highest BCUT2D eigenvalue weighted by Gasteiger charge is 2.68. The van der Waals surface area contributed by atoms with Crippen molar-refractivity contribution in [1.82, 2.24) is 0 Å². The SMILES string of the molecule is CC1C=CC(C)C(C(C(=O)O)(C(=O)O)C(C)C)C1C(C(=O)O)(C(=O)O)C(C)C. The molecule has 8 nitrogen and oxygen atoms in total. The van der Waals surface area contributed by atoms with Crippen LogP contribution in [0.1, 0.15) is 41.5 Å². The van der Waals surface area contributed by atoms with Crippen molar-refractivity contribution >= 4 is 23.9 Å². The second-order valence-corrected chi connectivity index (χ2v) is 8.42. The highest BCUT2D eigenvalue weighted by atomic mass is 16.4. The summed E-state index contributed by atoms with van der Waals surface area (Å²) in [6.07, 6.45) is 3.31. The van der Waals surface area contributed by atoms with Gasteiger partial charge in [0.25, 0.3) is 0 Å². The van der Waals surface area contributed by atoms with E-state index >= 15 is 0 Å². The maximum Gasteiger partial charge on any atom is 0.321 e. The van der Waals surface area contributed by atoms with Crippen molar-refractivity contribution in [3.63, 3.8) is 0 Å². The van der Waals surface area contributed by atoms with Gasteiger partial charge >= 0.3 is 23.9 Å². The van der Waals surface area contributed by atoms with E-state index in [9.17, 15) is 39.6 Å². The minimum atomic E-state index is -2.34.